The van der Waals surface area contributed by atoms with Crippen LogP contribution in [0.4, 0.5) is 5.82 Å². The summed E-state index contributed by atoms with van der Waals surface area (Å²) in [5.74, 6) is -2.07. The SMILES string of the molecule is O=C(O)Cc1ccc(Sc2cc(Cl)cn3c([N+](=O)[O-])c(CS(=O)(=O)c4ccccc4)nc23)cc1. The predicted octanol–water partition coefficient (Wildman–Crippen LogP) is 4.65. The number of nitro groups is 1. The first kappa shape index (κ1) is 23.7. The summed E-state index contributed by atoms with van der Waals surface area (Å²) in [5.41, 5.74) is 0.613. The van der Waals surface area contributed by atoms with E-state index in [0.717, 1.165) is 4.90 Å². The van der Waals surface area contributed by atoms with Crippen LogP contribution in [0.25, 0.3) is 5.65 Å². The molecule has 0 fully saturated rings. The molecule has 2 aromatic carbocycles. The van der Waals surface area contributed by atoms with E-state index in [0.29, 0.717) is 10.5 Å². The maximum atomic E-state index is 12.9. The van der Waals surface area contributed by atoms with E-state index in [1.165, 1.54) is 34.5 Å². The van der Waals surface area contributed by atoms with Gasteiger partial charge in [-0.25, -0.2) is 13.4 Å². The van der Waals surface area contributed by atoms with E-state index in [1.54, 1.807) is 48.5 Å². The maximum absolute atomic E-state index is 12.9. The molecule has 0 amide bonds. The number of fused-ring (bicyclic) bond motifs is 1. The van der Waals surface area contributed by atoms with Crippen LogP contribution >= 0.6 is 23.4 Å². The van der Waals surface area contributed by atoms with Crippen LogP contribution in [0.15, 0.2) is 81.5 Å². The van der Waals surface area contributed by atoms with Crippen LogP contribution in [0, 0.1) is 10.1 Å². The van der Waals surface area contributed by atoms with Crippen molar-refractivity contribution >= 4 is 50.6 Å². The van der Waals surface area contributed by atoms with Gasteiger partial charge in [0.15, 0.2) is 15.5 Å². The van der Waals surface area contributed by atoms with Gasteiger partial charge in [-0.2, -0.15) is 4.40 Å². The number of aromatic nitrogens is 2. The Morgan fingerprint density at radius 3 is 2.44 bits per heavy atom. The molecule has 2 aromatic heterocycles. The van der Waals surface area contributed by atoms with Gasteiger partial charge >= 0.3 is 11.8 Å². The minimum Gasteiger partial charge on any atom is -0.481 e. The molecule has 0 aliphatic heterocycles. The largest absolute Gasteiger partial charge is 0.481 e. The number of hydrogen-bond donors (Lipinski definition) is 1. The van der Waals surface area contributed by atoms with Gasteiger partial charge in [0.1, 0.15) is 11.9 Å². The highest BCUT2D eigenvalue weighted by Gasteiger charge is 2.29. The summed E-state index contributed by atoms with van der Waals surface area (Å²) in [7, 11) is -3.88. The van der Waals surface area contributed by atoms with E-state index in [1.807, 2.05) is 0 Å². The molecule has 0 aliphatic rings. The summed E-state index contributed by atoms with van der Waals surface area (Å²) in [5, 5.41) is 21.0. The Labute approximate surface area is 203 Å². The van der Waals surface area contributed by atoms with Crippen molar-refractivity contribution in [3.63, 3.8) is 0 Å². The maximum Gasteiger partial charge on any atom is 0.352 e. The van der Waals surface area contributed by atoms with E-state index in [9.17, 15) is 23.3 Å². The van der Waals surface area contributed by atoms with Crippen LogP contribution < -0.4 is 0 Å². The number of sulfone groups is 1. The third-order valence-electron chi connectivity index (χ3n) is 4.81. The number of imidazole rings is 1. The van der Waals surface area contributed by atoms with Crippen molar-refractivity contribution in [1.29, 1.82) is 0 Å². The zero-order valence-corrected chi connectivity index (χ0v) is 19.7. The van der Waals surface area contributed by atoms with Crippen LogP contribution in [-0.2, 0) is 26.8 Å². The number of aliphatic carboxylic acids is 1. The second-order valence-corrected chi connectivity index (χ2v) is 10.8. The van der Waals surface area contributed by atoms with E-state index in [4.69, 9.17) is 16.7 Å². The smallest absolute Gasteiger partial charge is 0.352 e. The van der Waals surface area contributed by atoms with Gasteiger partial charge in [0.2, 0.25) is 5.65 Å². The van der Waals surface area contributed by atoms with Crippen LogP contribution in [0.5, 0.6) is 0 Å². The van der Waals surface area contributed by atoms with E-state index in [-0.39, 0.29) is 27.7 Å². The lowest BCUT2D eigenvalue weighted by atomic mass is 10.2. The Balaban J connectivity index is 1.76. The molecule has 0 saturated carbocycles. The molecule has 0 unspecified atom stereocenters. The molecule has 0 radical (unpaired) electrons. The number of nitrogens with zero attached hydrogens (tertiary/aromatic N) is 3. The molecule has 12 heteroatoms. The van der Waals surface area contributed by atoms with Crippen molar-refractivity contribution in [3.05, 3.63) is 93.3 Å². The van der Waals surface area contributed by atoms with Gasteiger partial charge in [0.25, 0.3) is 0 Å². The van der Waals surface area contributed by atoms with Gasteiger partial charge in [-0.15, -0.1) is 0 Å². The van der Waals surface area contributed by atoms with Crippen molar-refractivity contribution < 1.29 is 23.2 Å². The first-order valence-electron chi connectivity index (χ1n) is 9.75. The van der Waals surface area contributed by atoms with Crippen molar-refractivity contribution in [2.24, 2.45) is 0 Å². The van der Waals surface area contributed by atoms with Crippen molar-refractivity contribution in [2.45, 2.75) is 26.9 Å². The third kappa shape index (κ3) is 5.06. The molecule has 4 rings (SSSR count). The first-order valence-corrected chi connectivity index (χ1v) is 12.6. The number of rotatable bonds is 8. The van der Waals surface area contributed by atoms with Gasteiger partial charge in [0, 0.05) is 4.90 Å². The monoisotopic (exact) mass is 517 g/mol. The highest BCUT2D eigenvalue weighted by Crippen LogP contribution is 2.36. The van der Waals surface area contributed by atoms with Crippen LogP contribution in [0.1, 0.15) is 11.3 Å². The lowest BCUT2D eigenvalue weighted by Crippen LogP contribution is -2.07. The Bertz CT molecular complexity index is 1500. The highest BCUT2D eigenvalue weighted by atomic mass is 35.5. The molecule has 9 nitrogen and oxygen atoms in total. The molecule has 174 valence electrons. The summed E-state index contributed by atoms with van der Waals surface area (Å²) in [6.45, 7) is 0. The molecule has 0 saturated heterocycles. The average molecular weight is 518 g/mol. The summed E-state index contributed by atoms with van der Waals surface area (Å²) < 4.78 is 26.9. The summed E-state index contributed by atoms with van der Waals surface area (Å²) in [4.78, 5) is 27.6. The molecule has 1 N–H and O–H groups in total. The van der Waals surface area contributed by atoms with Crippen LogP contribution in [-0.4, -0.2) is 33.8 Å². The molecule has 4 aromatic rings. The normalized spacial score (nSPS) is 11.6. The van der Waals surface area contributed by atoms with Gasteiger partial charge in [0.05, 0.1) is 21.2 Å². The standard InChI is InChI=1S/C22H16ClN3O6S2/c23-15-11-19(33-16-8-6-14(7-9-16)10-20(27)28)21-24-18(22(26(29)30)25(21)12-15)13-34(31,32)17-4-2-1-3-5-17/h1-9,11-12H,10,13H2,(H,27,28). The lowest BCUT2D eigenvalue weighted by Gasteiger charge is -2.04. The molecule has 0 bridgehead atoms. The average Bonchev–Trinajstić information content (AvgIpc) is 3.12. The second-order valence-electron chi connectivity index (χ2n) is 7.24. The number of carboxylic acids is 1. The number of benzene rings is 2. The van der Waals surface area contributed by atoms with Crippen LogP contribution in [0.3, 0.4) is 0 Å². The fourth-order valence-electron chi connectivity index (χ4n) is 3.35. The van der Waals surface area contributed by atoms with E-state index < -0.39 is 32.3 Å². The number of carboxylic acid groups (broad SMARTS) is 1. The highest BCUT2D eigenvalue weighted by molar-refractivity contribution is 7.99. The minimum atomic E-state index is -3.88. The third-order valence-corrected chi connectivity index (χ3v) is 7.68. The minimum absolute atomic E-state index is 0.0374. The summed E-state index contributed by atoms with van der Waals surface area (Å²) in [6, 6.07) is 16.0. The number of pyridine rings is 1. The number of hydrogen-bond acceptors (Lipinski definition) is 7. The quantitative estimate of drug-likeness (QED) is 0.264. The Morgan fingerprint density at radius 1 is 1.15 bits per heavy atom. The van der Waals surface area contributed by atoms with Crippen molar-refractivity contribution in [1.82, 2.24) is 9.38 Å². The lowest BCUT2D eigenvalue weighted by molar-refractivity contribution is -0.391. The van der Waals surface area contributed by atoms with Gasteiger partial charge in [-0.1, -0.05) is 53.7 Å². The van der Waals surface area contributed by atoms with Crippen LogP contribution in [0.2, 0.25) is 5.02 Å². The van der Waals surface area contributed by atoms with Gasteiger partial charge in [-0.3, -0.25) is 4.79 Å². The fourth-order valence-corrected chi connectivity index (χ4v) is 5.86. The second kappa shape index (κ2) is 9.45. The molecule has 0 atom stereocenters. The molecular weight excluding hydrogens is 502 g/mol. The molecule has 0 spiro atoms. The molecular formula is C22H16ClN3O6S2. The Hall–Kier alpha value is -3.41. The molecule has 34 heavy (non-hydrogen) atoms. The van der Waals surface area contributed by atoms with Crippen molar-refractivity contribution in [2.75, 3.05) is 0 Å². The van der Waals surface area contributed by atoms with E-state index in [2.05, 4.69) is 4.98 Å². The number of carbonyl (C=O) groups is 1. The number of halogens is 1. The predicted molar refractivity (Wildman–Crippen MR) is 126 cm³/mol. The zero-order valence-electron chi connectivity index (χ0n) is 17.3. The Morgan fingerprint density at radius 2 is 1.82 bits per heavy atom. The molecule has 2 heterocycles. The Kier molecular flexibility index (Phi) is 6.60. The summed E-state index contributed by atoms with van der Waals surface area (Å²) >= 11 is 7.44. The van der Waals surface area contributed by atoms with Crippen molar-refractivity contribution in [3.8, 4) is 0 Å². The molecule has 0 aliphatic carbocycles. The van der Waals surface area contributed by atoms with Gasteiger partial charge < -0.3 is 15.2 Å². The first-order chi connectivity index (χ1) is 16.1. The summed E-state index contributed by atoms with van der Waals surface area (Å²) in [6.07, 6.45) is 1.21. The fraction of sp³-hybridized carbons (Fsp3) is 0.0909. The zero-order chi connectivity index (χ0) is 24.5. The van der Waals surface area contributed by atoms with Gasteiger partial charge in [-0.05, 0) is 40.8 Å². The topological polar surface area (TPSA) is 132 Å². The van der Waals surface area contributed by atoms with E-state index >= 15 is 0 Å².